The zero-order chi connectivity index (χ0) is 18.9. The van der Waals surface area contributed by atoms with E-state index in [2.05, 4.69) is 15.6 Å². The van der Waals surface area contributed by atoms with Gasteiger partial charge in [0, 0.05) is 35.8 Å². The number of hydrogen-bond acceptors (Lipinski definition) is 4. The van der Waals surface area contributed by atoms with E-state index in [-0.39, 0.29) is 18.2 Å². The quantitative estimate of drug-likeness (QED) is 0.865. The average Bonchev–Trinajstić information content (AvgIpc) is 2.49. The molecule has 2 heterocycles. The molecule has 26 heavy (non-hydrogen) atoms. The molecule has 1 saturated heterocycles. The normalized spacial score (nSPS) is 14.7. The SMILES string of the molecule is Cc1nccc2c(NC(=O)NC3CN(C(=O)OC(C)(C)C)C3)cccc12. The van der Waals surface area contributed by atoms with E-state index in [1.165, 1.54) is 0 Å². The Bertz CT molecular complexity index is 838. The van der Waals surface area contributed by atoms with E-state index in [4.69, 9.17) is 4.74 Å². The van der Waals surface area contributed by atoms with Crippen molar-refractivity contribution >= 4 is 28.6 Å². The van der Waals surface area contributed by atoms with E-state index in [0.717, 1.165) is 22.2 Å². The molecule has 1 aromatic carbocycles. The maximum atomic E-state index is 12.3. The van der Waals surface area contributed by atoms with Crippen LogP contribution in [0.1, 0.15) is 26.5 Å². The van der Waals surface area contributed by atoms with E-state index in [0.29, 0.717) is 13.1 Å². The Morgan fingerprint density at radius 2 is 1.92 bits per heavy atom. The fourth-order valence-electron chi connectivity index (χ4n) is 2.85. The third-order valence-corrected chi connectivity index (χ3v) is 4.12. The predicted octanol–water partition coefficient (Wildman–Crippen LogP) is 3.28. The lowest BCUT2D eigenvalue weighted by Gasteiger charge is -2.39. The number of pyridine rings is 1. The largest absolute Gasteiger partial charge is 0.444 e. The van der Waals surface area contributed by atoms with Crippen molar-refractivity contribution in [2.24, 2.45) is 0 Å². The Balaban J connectivity index is 1.55. The molecule has 0 aliphatic carbocycles. The second-order valence-corrected chi connectivity index (χ2v) is 7.48. The Morgan fingerprint density at radius 3 is 2.62 bits per heavy atom. The van der Waals surface area contributed by atoms with Crippen LogP contribution in [0.4, 0.5) is 15.3 Å². The summed E-state index contributed by atoms with van der Waals surface area (Å²) in [7, 11) is 0. The first-order valence-corrected chi connectivity index (χ1v) is 8.63. The molecule has 3 amide bonds. The summed E-state index contributed by atoms with van der Waals surface area (Å²) in [5.74, 6) is 0. The number of fused-ring (bicyclic) bond motifs is 1. The molecule has 7 heteroatoms. The van der Waals surface area contributed by atoms with Gasteiger partial charge in [-0.15, -0.1) is 0 Å². The molecule has 138 valence electrons. The summed E-state index contributed by atoms with van der Waals surface area (Å²) in [5.41, 5.74) is 1.13. The molecule has 0 bridgehead atoms. The Labute approximate surface area is 152 Å². The highest BCUT2D eigenvalue weighted by atomic mass is 16.6. The van der Waals surface area contributed by atoms with Crippen molar-refractivity contribution < 1.29 is 14.3 Å². The lowest BCUT2D eigenvalue weighted by molar-refractivity contribution is 0.00649. The topological polar surface area (TPSA) is 83.6 Å². The third kappa shape index (κ3) is 4.04. The number of amides is 3. The lowest BCUT2D eigenvalue weighted by Crippen LogP contribution is -2.62. The number of aryl methyl sites for hydroxylation is 1. The van der Waals surface area contributed by atoms with Crippen LogP contribution < -0.4 is 10.6 Å². The highest BCUT2D eigenvalue weighted by Crippen LogP contribution is 2.24. The Morgan fingerprint density at radius 1 is 1.19 bits per heavy atom. The van der Waals surface area contributed by atoms with Gasteiger partial charge in [0.25, 0.3) is 0 Å². The van der Waals surface area contributed by atoms with Crippen molar-refractivity contribution in [3.63, 3.8) is 0 Å². The summed E-state index contributed by atoms with van der Waals surface area (Å²) in [6, 6.07) is 7.23. The number of nitrogens with one attached hydrogen (secondary N) is 2. The summed E-state index contributed by atoms with van der Waals surface area (Å²) in [6.45, 7) is 8.31. The number of benzene rings is 1. The van der Waals surface area contributed by atoms with Gasteiger partial charge in [-0.2, -0.15) is 0 Å². The van der Waals surface area contributed by atoms with Crippen LogP contribution in [0.3, 0.4) is 0 Å². The van der Waals surface area contributed by atoms with Crippen LogP contribution in [0.25, 0.3) is 10.8 Å². The number of nitrogens with zero attached hydrogens (tertiary/aromatic N) is 2. The number of aromatic nitrogens is 1. The Kier molecular flexibility index (Phi) is 4.71. The molecule has 2 aromatic rings. The number of carbonyl (C=O) groups excluding carboxylic acids is 2. The molecule has 0 saturated carbocycles. The zero-order valence-electron chi connectivity index (χ0n) is 15.5. The summed E-state index contributed by atoms with van der Waals surface area (Å²) in [5, 5.41) is 7.71. The van der Waals surface area contributed by atoms with Gasteiger partial charge < -0.3 is 20.3 Å². The van der Waals surface area contributed by atoms with Gasteiger partial charge in [0.15, 0.2) is 0 Å². The first-order chi connectivity index (χ1) is 12.2. The van der Waals surface area contributed by atoms with Crippen molar-refractivity contribution in [3.8, 4) is 0 Å². The smallest absolute Gasteiger partial charge is 0.410 e. The van der Waals surface area contributed by atoms with Crippen molar-refractivity contribution in [1.29, 1.82) is 0 Å². The Hall–Kier alpha value is -2.83. The number of ether oxygens (including phenoxy) is 1. The highest BCUT2D eigenvalue weighted by Gasteiger charge is 2.34. The maximum Gasteiger partial charge on any atom is 0.410 e. The molecule has 1 aromatic heterocycles. The first kappa shape index (κ1) is 18.0. The van der Waals surface area contributed by atoms with Crippen molar-refractivity contribution in [1.82, 2.24) is 15.2 Å². The highest BCUT2D eigenvalue weighted by molar-refractivity contribution is 6.02. The summed E-state index contributed by atoms with van der Waals surface area (Å²) < 4.78 is 5.30. The second kappa shape index (κ2) is 6.82. The van der Waals surface area contributed by atoms with Crippen LogP contribution in [-0.2, 0) is 4.74 Å². The van der Waals surface area contributed by atoms with Gasteiger partial charge in [0.1, 0.15) is 5.60 Å². The predicted molar refractivity (Wildman–Crippen MR) is 100 cm³/mol. The van der Waals surface area contributed by atoms with Gasteiger partial charge in [-0.25, -0.2) is 9.59 Å². The van der Waals surface area contributed by atoms with Crippen molar-refractivity contribution in [2.45, 2.75) is 39.3 Å². The molecule has 0 atom stereocenters. The van der Waals surface area contributed by atoms with E-state index >= 15 is 0 Å². The minimum absolute atomic E-state index is 0.0825. The van der Waals surface area contributed by atoms with Gasteiger partial charge in [-0.05, 0) is 39.8 Å². The molecule has 7 nitrogen and oxygen atoms in total. The fourth-order valence-corrected chi connectivity index (χ4v) is 2.85. The van der Waals surface area contributed by atoms with Gasteiger partial charge in [-0.3, -0.25) is 4.98 Å². The minimum atomic E-state index is -0.520. The zero-order valence-corrected chi connectivity index (χ0v) is 15.5. The molecular weight excluding hydrogens is 332 g/mol. The first-order valence-electron chi connectivity index (χ1n) is 8.63. The van der Waals surface area contributed by atoms with Gasteiger partial charge in [0.05, 0.1) is 11.7 Å². The van der Waals surface area contributed by atoms with Crippen LogP contribution in [0.15, 0.2) is 30.5 Å². The number of likely N-dealkylation sites (tertiary alicyclic amines) is 1. The van der Waals surface area contributed by atoms with E-state index in [1.807, 2.05) is 52.0 Å². The van der Waals surface area contributed by atoms with Gasteiger partial charge in [-0.1, -0.05) is 12.1 Å². The van der Waals surface area contributed by atoms with Crippen molar-refractivity contribution in [2.75, 3.05) is 18.4 Å². The standard InChI is InChI=1S/C19H24N4O3/c1-12-14-6-5-7-16(15(14)8-9-20-12)22-17(24)21-13-10-23(11-13)18(25)26-19(2,3)4/h5-9,13H,10-11H2,1-4H3,(H2,21,22,24). The average molecular weight is 356 g/mol. The molecular formula is C19H24N4O3. The number of anilines is 1. The van der Waals surface area contributed by atoms with Gasteiger partial charge >= 0.3 is 12.1 Å². The maximum absolute atomic E-state index is 12.3. The molecule has 0 spiro atoms. The number of urea groups is 1. The fraction of sp³-hybridized carbons (Fsp3) is 0.421. The van der Waals surface area contributed by atoms with Crippen LogP contribution in [0.5, 0.6) is 0 Å². The molecule has 1 aliphatic rings. The van der Waals surface area contributed by atoms with Crippen LogP contribution in [-0.4, -0.2) is 46.7 Å². The molecule has 0 radical (unpaired) electrons. The summed E-state index contributed by atoms with van der Waals surface area (Å²) in [4.78, 5) is 30.0. The van der Waals surface area contributed by atoms with Gasteiger partial charge in [0.2, 0.25) is 0 Å². The van der Waals surface area contributed by atoms with E-state index < -0.39 is 5.60 Å². The minimum Gasteiger partial charge on any atom is -0.444 e. The lowest BCUT2D eigenvalue weighted by atomic mass is 10.1. The molecule has 1 fully saturated rings. The molecule has 1 aliphatic heterocycles. The van der Waals surface area contributed by atoms with Crippen LogP contribution in [0.2, 0.25) is 0 Å². The van der Waals surface area contributed by atoms with Crippen LogP contribution in [0, 0.1) is 6.92 Å². The number of rotatable bonds is 2. The summed E-state index contributed by atoms with van der Waals surface area (Å²) >= 11 is 0. The second-order valence-electron chi connectivity index (χ2n) is 7.48. The molecule has 3 rings (SSSR count). The molecule has 2 N–H and O–H groups in total. The number of carbonyl (C=O) groups is 2. The van der Waals surface area contributed by atoms with E-state index in [9.17, 15) is 9.59 Å². The summed E-state index contributed by atoms with van der Waals surface area (Å²) in [6.07, 6.45) is 1.37. The number of hydrogen-bond donors (Lipinski definition) is 2. The van der Waals surface area contributed by atoms with Crippen molar-refractivity contribution in [3.05, 3.63) is 36.2 Å². The van der Waals surface area contributed by atoms with Crippen LogP contribution >= 0.6 is 0 Å². The molecule has 0 unspecified atom stereocenters. The monoisotopic (exact) mass is 356 g/mol. The third-order valence-electron chi connectivity index (χ3n) is 4.12. The van der Waals surface area contributed by atoms with E-state index in [1.54, 1.807) is 11.1 Å².